The molecule has 2 nitrogen and oxygen atoms in total. The van der Waals surface area contributed by atoms with Gasteiger partial charge in [0.2, 0.25) is 0 Å². The first kappa shape index (κ1) is 14.9. The van der Waals surface area contributed by atoms with Crippen LogP contribution in [0.25, 0.3) is 0 Å². The summed E-state index contributed by atoms with van der Waals surface area (Å²) in [6.07, 6.45) is 3.44. The van der Waals surface area contributed by atoms with Gasteiger partial charge in [-0.3, -0.25) is 0 Å². The quantitative estimate of drug-likeness (QED) is 0.652. The zero-order chi connectivity index (χ0) is 11.8. The SMILES string of the molecule is CCCC(C)C(CC)NCC(O)C(C)C. The minimum absolute atomic E-state index is 0.215. The summed E-state index contributed by atoms with van der Waals surface area (Å²) in [4.78, 5) is 0. The molecule has 0 aromatic heterocycles. The fraction of sp³-hybridized carbons (Fsp3) is 1.00. The molecule has 92 valence electrons. The molecule has 0 spiro atoms. The highest BCUT2D eigenvalue weighted by molar-refractivity contribution is 4.74. The summed E-state index contributed by atoms with van der Waals surface area (Å²) in [6, 6.07) is 0.554. The number of hydrogen-bond acceptors (Lipinski definition) is 2. The second-order valence-corrected chi connectivity index (χ2v) is 5.00. The molecule has 0 radical (unpaired) electrons. The first-order valence-electron chi connectivity index (χ1n) is 6.44. The van der Waals surface area contributed by atoms with Crippen molar-refractivity contribution in [2.24, 2.45) is 11.8 Å². The highest BCUT2D eigenvalue weighted by Crippen LogP contribution is 2.13. The number of nitrogens with one attached hydrogen (secondary N) is 1. The van der Waals surface area contributed by atoms with Crippen LogP contribution in [0.1, 0.15) is 53.9 Å². The third kappa shape index (κ3) is 6.16. The van der Waals surface area contributed by atoms with E-state index in [1.807, 2.05) is 0 Å². The smallest absolute Gasteiger partial charge is 0.0687 e. The van der Waals surface area contributed by atoms with Crippen LogP contribution in [0.2, 0.25) is 0 Å². The Morgan fingerprint density at radius 2 is 1.73 bits per heavy atom. The molecule has 0 bridgehead atoms. The van der Waals surface area contributed by atoms with Crippen molar-refractivity contribution in [3.8, 4) is 0 Å². The molecule has 0 fully saturated rings. The predicted octanol–water partition coefficient (Wildman–Crippen LogP) is 2.81. The maximum Gasteiger partial charge on any atom is 0.0687 e. The van der Waals surface area contributed by atoms with Gasteiger partial charge < -0.3 is 10.4 Å². The van der Waals surface area contributed by atoms with Gasteiger partial charge in [0.1, 0.15) is 0 Å². The van der Waals surface area contributed by atoms with Crippen molar-refractivity contribution in [3.05, 3.63) is 0 Å². The maximum atomic E-state index is 9.72. The van der Waals surface area contributed by atoms with Gasteiger partial charge in [-0.2, -0.15) is 0 Å². The number of aliphatic hydroxyl groups excluding tert-OH is 1. The molecule has 2 N–H and O–H groups in total. The van der Waals surface area contributed by atoms with Crippen LogP contribution in [-0.2, 0) is 0 Å². The van der Waals surface area contributed by atoms with Gasteiger partial charge in [-0.05, 0) is 24.7 Å². The Kier molecular flexibility index (Phi) is 8.07. The van der Waals surface area contributed by atoms with Crippen molar-refractivity contribution in [3.63, 3.8) is 0 Å². The average molecular weight is 215 g/mol. The van der Waals surface area contributed by atoms with E-state index in [0.717, 1.165) is 13.0 Å². The molecule has 0 aromatic carbocycles. The molecule has 0 saturated heterocycles. The largest absolute Gasteiger partial charge is 0.392 e. The Morgan fingerprint density at radius 1 is 1.13 bits per heavy atom. The van der Waals surface area contributed by atoms with Gasteiger partial charge in [0, 0.05) is 12.6 Å². The molecule has 0 aliphatic carbocycles. The maximum absolute atomic E-state index is 9.72. The minimum atomic E-state index is -0.215. The zero-order valence-electron chi connectivity index (χ0n) is 11.1. The van der Waals surface area contributed by atoms with Gasteiger partial charge in [-0.1, -0.05) is 41.0 Å². The Bertz CT molecular complexity index is 147. The molecule has 3 atom stereocenters. The van der Waals surface area contributed by atoms with E-state index in [9.17, 15) is 5.11 Å². The van der Waals surface area contributed by atoms with E-state index >= 15 is 0 Å². The summed E-state index contributed by atoms with van der Waals surface area (Å²) < 4.78 is 0. The summed E-state index contributed by atoms with van der Waals surface area (Å²) in [5.74, 6) is 1.05. The van der Waals surface area contributed by atoms with E-state index in [4.69, 9.17) is 0 Å². The monoisotopic (exact) mass is 215 g/mol. The van der Waals surface area contributed by atoms with Crippen molar-refractivity contribution < 1.29 is 5.11 Å². The van der Waals surface area contributed by atoms with Crippen LogP contribution in [0.4, 0.5) is 0 Å². The average Bonchev–Trinajstić information content (AvgIpc) is 2.18. The zero-order valence-corrected chi connectivity index (χ0v) is 11.1. The minimum Gasteiger partial charge on any atom is -0.392 e. The lowest BCUT2D eigenvalue weighted by molar-refractivity contribution is 0.116. The molecule has 0 amide bonds. The molecule has 0 heterocycles. The van der Waals surface area contributed by atoms with Crippen molar-refractivity contribution in [2.45, 2.75) is 66.0 Å². The van der Waals surface area contributed by atoms with Gasteiger partial charge in [0.05, 0.1) is 6.10 Å². The molecule has 0 aliphatic rings. The van der Waals surface area contributed by atoms with Crippen LogP contribution < -0.4 is 5.32 Å². The van der Waals surface area contributed by atoms with Crippen molar-refractivity contribution in [1.82, 2.24) is 5.32 Å². The molecule has 0 aliphatic heterocycles. The number of hydrogen-bond donors (Lipinski definition) is 2. The first-order chi connectivity index (χ1) is 7.02. The summed E-state index contributed by atoms with van der Waals surface area (Å²) >= 11 is 0. The molecule has 0 saturated carbocycles. The summed E-state index contributed by atoms with van der Waals surface area (Å²) in [5.41, 5.74) is 0. The normalized spacial score (nSPS) is 17.8. The molecule has 3 unspecified atom stereocenters. The van der Waals surface area contributed by atoms with Gasteiger partial charge in [0.15, 0.2) is 0 Å². The van der Waals surface area contributed by atoms with E-state index < -0.39 is 0 Å². The van der Waals surface area contributed by atoms with E-state index in [-0.39, 0.29) is 6.10 Å². The second kappa shape index (κ2) is 8.12. The van der Waals surface area contributed by atoms with Gasteiger partial charge in [-0.15, -0.1) is 0 Å². The van der Waals surface area contributed by atoms with Crippen LogP contribution in [0, 0.1) is 11.8 Å². The fourth-order valence-electron chi connectivity index (χ4n) is 1.91. The molecular weight excluding hydrogens is 186 g/mol. The van der Waals surface area contributed by atoms with E-state index in [2.05, 4.69) is 39.9 Å². The van der Waals surface area contributed by atoms with Crippen LogP contribution in [0.15, 0.2) is 0 Å². The van der Waals surface area contributed by atoms with E-state index in [1.54, 1.807) is 0 Å². The second-order valence-electron chi connectivity index (χ2n) is 5.00. The van der Waals surface area contributed by atoms with Crippen LogP contribution in [0.5, 0.6) is 0 Å². The van der Waals surface area contributed by atoms with Crippen LogP contribution >= 0.6 is 0 Å². The molecule has 2 heteroatoms. The molecular formula is C13H29NO. The van der Waals surface area contributed by atoms with Gasteiger partial charge in [-0.25, -0.2) is 0 Å². The van der Waals surface area contributed by atoms with Crippen molar-refractivity contribution in [1.29, 1.82) is 0 Å². The Morgan fingerprint density at radius 3 is 2.13 bits per heavy atom. The summed E-state index contributed by atoms with van der Waals surface area (Å²) in [5, 5.41) is 13.2. The van der Waals surface area contributed by atoms with Gasteiger partial charge >= 0.3 is 0 Å². The Hall–Kier alpha value is -0.0800. The van der Waals surface area contributed by atoms with Crippen molar-refractivity contribution >= 4 is 0 Å². The van der Waals surface area contributed by atoms with E-state index in [1.165, 1.54) is 12.8 Å². The summed E-state index contributed by atoms with van der Waals surface area (Å²) in [7, 11) is 0. The Labute approximate surface area is 95.5 Å². The standard InChI is InChI=1S/C13H29NO/c1-6-8-11(5)12(7-2)14-9-13(15)10(3)4/h10-15H,6-9H2,1-5H3. The third-order valence-corrected chi connectivity index (χ3v) is 3.23. The summed E-state index contributed by atoms with van der Waals surface area (Å²) in [6.45, 7) is 11.6. The molecule has 15 heavy (non-hydrogen) atoms. The first-order valence-corrected chi connectivity index (χ1v) is 6.44. The lowest BCUT2D eigenvalue weighted by Crippen LogP contribution is -2.40. The fourth-order valence-corrected chi connectivity index (χ4v) is 1.91. The van der Waals surface area contributed by atoms with Crippen LogP contribution in [0.3, 0.4) is 0 Å². The number of aliphatic hydroxyl groups is 1. The molecule has 0 rings (SSSR count). The predicted molar refractivity (Wildman–Crippen MR) is 67.0 cm³/mol. The lowest BCUT2D eigenvalue weighted by atomic mass is 9.94. The highest BCUT2D eigenvalue weighted by Gasteiger charge is 2.16. The number of rotatable bonds is 8. The van der Waals surface area contributed by atoms with E-state index in [0.29, 0.717) is 17.9 Å². The highest BCUT2D eigenvalue weighted by atomic mass is 16.3. The molecule has 0 aromatic rings. The lowest BCUT2D eigenvalue weighted by Gasteiger charge is -2.26. The van der Waals surface area contributed by atoms with Crippen LogP contribution in [-0.4, -0.2) is 23.8 Å². The van der Waals surface area contributed by atoms with Gasteiger partial charge in [0.25, 0.3) is 0 Å². The van der Waals surface area contributed by atoms with Crippen molar-refractivity contribution in [2.75, 3.05) is 6.54 Å². The third-order valence-electron chi connectivity index (χ3n) is 3.23. The topological polar surface area (TPSA) is 32.3 Å². The Balaban J connectivity index is 3.88.